The molecule has 0 amide bonds. The largest absolute Gasteiger partial charge is 0.354 e. The van der Waals surface area contributed by atoms with Crippen molar-refractivity contribution >= 4 is 7.60 Å². The molecule has 0 fully saturated rings. The monoisotopic (exact) mass is 190 g/mol. The molecule has 0 aromatic rings. The van der Waals surface area contributed by atoms with Crippen LogP contribution in [0, 0.1) is 0 Å². The average Bonchev–Trinajstić information content (AvgIpc) is 2.30. The third-order valence-electron chi connectivity index (χ3n) is 1.96. The van der Waals surface area contributed by atoms with Crippen molar-refractivity contribution in [1.29, 1.82) is 0 Å². The van der Waals surface area contributed by atoms with E-state index in [1.807, 2.05) is 19.9 Å². The lowest BCUT2D eigenvalue weighted by atomic mass is 10.1. The molecule has 1 aliphatic rings. The third-order valence-corrected chi connectivity index (χ3v) is 3.76. The van der Waals surface area contributed by atoms with E-state index in [9.17, 15) is 4.57 Å². The van der Waals surface area contributed by atoms with Gasteiger partial charge in [0, 0.05) is 5.82 Å². The molecule has 0 radical (unpaired) electrons. The smallest absolute Gasteiger partial charge is 0.306 e. The zero-order valence-electron chi connectivity index (χ0n) is 7.74. The van der Waals surface area contributed by atoms with E-state index in [1.54, 1.807) is 12.7 Å². The van der Waals surface area contributed by atoms with Gasteiger partial charge in [0.05, 0.1) is 12.2 Å². The summed E-state index contributed by atoms with van der Waals surface area (Å²) in [5.74, 6) is 1.56. The first-order valence-electron chi connectivity index (χ1n) is 4.19. The topological polar surface area (TPSA) is 35.5 Å². The zero-order chi connectivity index (χ0) is 9.24. The van der Waals surface area contributed by atoms with E-state index in [-0.39, 0.29) is 0 Å². The van der Waals surface area contributed by atoms with Crippen LogP contribution in [0.15, 0.2) is 11.9 Å². The minimum absolute atomic E-state index is 0.398. The summed E-state index contributed by atoms with van der Waals surface area (Å²) in [6, 6.07) is 0. The van der Waals surface area contributed by atoms with Crippen LogP contribution in [0.5, 0.6) is 0 Å². The average molecular weight is 190 g/mol. The molecular weight excluding hydrogens is 175 g/mol. The van der Waals surface area contributed by atoms with Crippen molar-refractivity contribution < 1.29 is 13.6 Å². The van der Waals surface area contributed by atoms with Crippen molar-refractivity contribution in [3.05, 3.63) is 11.9 Å². The highest BCUT2D eigenvalue weighted by Crippen LogP contribution is 2.58. The summed E-state index contributed by atoms with van der Waals surface area (Å²) in [4.78, 5) is 0. The Bertz CT molecular complexity index is 236. The van der Waals surface area contributed by atoms with Crippen LogP contribution in [0.2, 0.25) is 0 Å². The fourth-order valence-electron chi connectivity index (χ4n) is 1.03. The lowest BCUT2D eigenvalue weighted by molar-refractivity contribution is 0.117. The van der Waals surface area contributed by atoms with E-state index in [0.29, 0.717) is 6.61 Å². The molecule has 70 valence electrons. The summed E-state index contributed by atoms with van der Waals surface area (Å²) in [6.07, 6.45) is 2.63. The fourth-order valence-corrected chi connectivity index (χ4v) is 2.86. The van der Waals surface area contributed by atoms with Gasteiger partial charge >= 0.3 is 7.60 Å². The summed E-state index contributed by atoms with van der Waals surface area (Å²) in [6.45, 7) is 6.12. The second-order valence-electron chi connectivity index (χ2n) is 3.03. The fraction of sp³-hybridized carbons (Fsp3) is 0.750. The molecule has 2 unspecified atom stereocenters. The van der Waals surface area contributed by atoms with Gasteiger partial charge in [-0.2, -0.15) is 0 Å². The zero-order valence-corrected chi connectivity index (χ0v) is 8.64. The Hall–Kier alpha value is -0.110. The number of rotatable bonds is 3. The van der Waals surface area contributed by atoms with Crippen molar-refractivity contribution in [2.75, 3.05) is 6.61 Å². The Balaban J connectivity index is 2.69. The summed E-state index contributed by atoms with van der Waals surface area (Å²) < 4.78 is 22.0. The van der Waals surface area contributed by atoms with Crippen LogP contribution >= 0.6 is 7.60 Å². The molecule has 1 heterocycles. The van der Waals surface area contributed by atoms with E-state index in [4.69, 9.17) is 9.05 Å². The van der Waals surface area contributed by atoms with Crippen LogP contribution in [0.25, 0.3) is 0 Å². The lowest BCUT2D eigenvalue weighted by Gasteiger charge is -2.21. The minimum Gasteiger partial charge on any atom is -0.306 e. The molecule has 0 bridgehead atoms. The summed E-state index contributed by atoms with van der Waals surface area (Å²) >= 11 is 0. The number of hydrogen-bond donors (Lipinski definition) is 0. The Morgan fingerprint density at radius 1 is 1.58 bits per heavy atom. The van der Waals surface area contributed by atoms with Gasteiger partial charge in [0.2, 0.25) is 0 Å². The van der Waals surface area contributed by atoms with Gasteiger partial charge in [0.25, 0.3) is 0 Å². The first kappa shape index (κ1) is 9.97. The molecule has 4 heteroatoms. The lowest BCUT2D eigenvalue weighted by Crippen LogP contribution is -2.19. The van der Waals surface area contributed by atoms with Gasteiger partial charge in [0.15, 0.2) is 0 Å². The Labute approximate surface area is 73.3 Å². The van der Waals surface area contributed by atoms with E-state index in [0.717, 1.165) is 6.42 Å². The summed E-state index contributed by atoms with van der Waals surface area (Å²) in [7, 11) is -2.89. The maximum absolute atomic E-state index is 11.7. The van der Waals surface area contributed by atoms with Crippen LogP contribution in [0.4, 0.5) is 0 Å². The summed E-state index contributed by atoms with van der Waals surface area (Å²) in [5.41, 5.74) is -0.398. The van der Waals surface area contributed by atoms with Gasteiger partial charge in [0.1, 0.15) is 0 Å². The minimum atomic E-state index is -2.89. The molecule has 0 saturated heterocycles. The highest BCUT2D eigenvalue weighted by Gasteiger charge is 2.37. The van der Waals surface area contributed by atoms with E-state index in [1.165, 1.54) is 0 Å². The van der Waals surface area contributed by atoms with E-state index >= 15 is 0 Å². The Morgan fingerprint density at radius 2 is 2.25 bits per heavy atom. The van der Waals surface area contributed by atoms with Crippen LogP contribution in [-0.4, -0.2) is 12.2 Å². The van der Waals surface area contributed by atoms with Gasteiger partial charge in [-0.15, -0.1) is 0 Å². The first-order valence-corrected chi connectivity index (χ1v) is 5.80. The first-order chi connectivity index (χ1) is 5.54. The van der Waals surface area contributed by atoms with Crippen molar-refractivity contribution in [3.8, 4) is 0 Å². The molecule has 0 spiro atoms. The second-order valence-corrected chi connectivity index (χ2v) is 4.85. The molecule has 0 aliphatic carbocycles. The highest BCUT2D eigenvalue weighted by atomic mass is 31.2. The standard InChI is InChI=1S/C8H15O3P/c1-4-8(3)6-7-12(9,11-8)10-5-2/h6-7H,4-5H2,1-3H3. The SMILES string of the molecule is CCOP1(=O)C=CC(C)(CC)O1. The molecule has 2 atom stereocenters. The van der Waals surface area contributed by atoms with E-state index < -0.39 is 13.2 Å². The molecule has 0 N–H and O–H groups in total. The van der Waals surface area contributed by atoms with Crippen molar-refractivity contribution in [1.82, 2.24) is 0 Å². The van der Waals surface area contributed by atoms with Gasteiger partial charge in [-0.1, -0.05) is 6.92 Å². The normalized spacial score (nSPS) is 40.6. The molecule has 12 heavy (non-hydrogen) atoms. The van der Waals surface area contributed by atoms with Crippen molar-refractivity contribution in [2.24, 2.45) is 0 Å². The van der Waals surface area contributed by atoms with Crippen LogP contribution in [-0.2, 0) is 13.6 Å². The van der Waals surface area contributed by atoms with E-state index in [2.05, 4.69) is 0 Å². The molecular formula is C8H15O3P. The molecule has 0 saturated carbocycles. The quantitative estimate of drug-likeness (QED) is 0.642. The van der Waals surface area contributed by atoms with Crippen LogP contribution in [0.1, 0.15) is 27.2 Å². The highest BCUT2D eigenvalue weighted by molar-refractivity contribution is 7.57. The summed E-state index contributed by atoms with van der Waals surface area (Å²) in [5, 5.41) is 0. The second kappa shape index (κ2) is 3.33. The molecule has 0 aromatic carbocycles. The number of hydrogen-bond acceptors (Lipinski definition) is 3. The predicted octanol–water partition coefficient (Wildman–Crippen LogP) is 2.93. The third kappa shape index (κ3) is 1.98. The van der Waals surface area contributed by atoms with Gasteiger partial charge in [-0.05, 0) is 26.3 Å². The predicted molar refractivity (Wildman–Crippen MR) is 48.2 cm³/mol. The maximum atomic E-state index is 11.7. The van der Waals surface area contributed by atoms with Gasteiger partial charge in [-0.3, -0.25) is 9.09 Å². The maximum Gasteiger partial charge on any atom is 0.354 e. The van der Waals surface area contributed by atoms with Crippen molar-refractivity contribution in [2.45, 2.75) is 32.8 Å². The van der Waals surface area contributed by atoms with Crippen molar-refractivity contribution in [3.63, 3.8) is 0 Å². The van der Waals surface area contributed by atoms with Crippen LogP contribution < -0.4 is 0 Å². The Kier molecular flexibility index (Phi) is 2.77. The van der Waals surface area contributed by atoms with Gasteiger partial charge < -0.3 is 4.52 Å². The molecule has 0 aromatic heterocycles. The van der Waals surface area contributed by atoms with Crippen LogP contribution in [0.3, 0.4) is 0 Å². The molecule has 1 rings (SSSR count). The Morgan fingerprint density at radius 3 is 2.67 bits per heavy atom. The van der Waals surface area contributed by atoms with Gasteiger partial charge in [-0.25, -0.2) is 0 Å². The molecule has 1 aliphatic heterocycles. The molecule has 3 nitrogen and oxygen atoms in total.